The molecule has 0 radical (unpaired) electrons. The van der Waals surface area contributed by atoms with Crippen LogP contribution < -0.4 is 15.1 Å². The summed E-state index contributed by atoms with van der Waals surface area (Å²) in [5, 5.41) is 3.18. The minimum atomic E-state index is -0.0142. The van der Waals surface area contributed by atoms with Crippen LogP contribution in [0.5, 0.6) is 0 Å². The lowest BCUT2D eigenvalue weighted by Crippen LogP contribution is -2.36. The van der Waals surface area contributed by atoms with Crippen LogP contribution in [0.15, 0.2) is 48.5 Å². The van der Waals surface area contributed by atoms with Crippen LogP contribution in [-0.2, 0) is 0 Å². The molecule has 4 heteroatoms. The Labute approximate surface area is 137 Å². The van der Waals surface area contributed by atoms with Crippen LogP contribution >= 0.6 is 0 Å². The molecule has 0 aliphatic carbocycles. The molecule has 1 unspecified atom stereocenters. The fraction of sp³-hybridized carbons (Fsp3) is 0.316. The zero-order valence-corrected chi connectivity index (χ0v) is 13.9. The number of para-hydroxylation sites is 1. The molecule has 120 valence electrons. The summed E-state index contributed by atoms with van der Waals surface area (Å²) in [5.41, 5.74) is 4.18. The fourth-order valence-electron chi connectivity index (χ4n) is 3.03. The molecule has 3 rings (SSSR count). The number of benzene rings is 2. The first-order chi connectivity index (χ1) is 11.1. The molecule has 2 aromatic rings. The van der Waals surface area contributed by atoms with E-state index in [1.165, 1.54) is 11.3 Å². The van der Waals surface area contributed by atoms with Gasteiger partial charge in [-0.2, -0.15) is 0 Å². The molecule has 0 saturated carbocycles. The highest BCUT2D eigenvalue weighted by Gasteiger charge is 2.24. The van der Waals surface area contributed by atoms with Crippen molar-refractivity contribution in [3.05, 3.63) is 59.7 Å². The Hall–Kier alpha value is -2.49. The number of anilines is 2. The summed E-state index contributed by atoms with van der Waals surface area (Å²) in [6.45, 7) is 0.946. The van der Waals surface area contributed by atoms with Crippen LogP contribution in [0, 0.1) is 0 Å². The minimum absolute atomic E-state index is 0.0142. The molecule has 0 spiro atoms. The molecule has 2 aromatic carbocycles. The third kappa shape index (κ3) is 3.16. The van der Waals surface area contributed by atoms with Gasteiger partial charge in [-0.1, -0.05) is 18.2 Å². The van der Waals surface area contributed by atoms with Crippen molar-refractivity contribution in [1.82, 2.24) is 5.32 Å². The maximum Gasteiger partial charge on any atom is 0.251 e. The second-order valence-electron chi connectivity index (χ2n) is 6.24. The van der Waals surface area contributed by atoms with E-state index in [-0.39, 0.29) is 11.9 Å². The number of nitrogens with one attached hydrogen (secondary N) is 1. The van der Waals surface area contributed by atoms with Crippen LogP contribution in [0.2, 0.25) is 0 Å². The lowest BCUT2D eigenvalue weighted by atomic mass is 9.96. The Morgan fingerprint density at radius 3 is 2.52 bits per heavy atom. The van der Waals surface area contributed by atoms with Crippen molar-refractivity contribution >= 4 is 17.3 Å². The van der Waals surface area contributed by atoms with Crippen LogP contribution in [0.1, 0.15) is 28.4 Å². The van der Waals surface area contributed by atoms with Gasteiger partial charge in [0.15, 0.2) is 0 Å². The molecule has 1 aliphatic heterocycles. The lowest BCUT2D eigenvalue weighted by molar-refractivity contribution is 0.0934. The molecule has 0 fully saturated rings. The fourth-order valence-corrected chi connectivity index (χ4v) is 3.03. The Morgan fingerprint density at radius 2 is 1.83 bits per heavy atom. The van der Waals surface area contributed by atoms with Crippen molar-refractivity contribution in [3.8, 4) is 0 Å². The van der Waals surface area contributed by atoms with E-state index in [2.05, 4.69) is 29.4 Å². The van der Waals surface area contributed by atoms with E-state index in [1.54, 1.807) is 0 Å². The van der Waals surface area contributed by atoms with Crippen molar-refractivity contribution in [2.24, 2.45) is 0 Å². The summed E-state index contributed by atoms with van der Waals surface area (Å²) in [6, 6.07) is 16.1. The molecule has 0 aromatic heterocycles. The molecule has 0 bridgehead atoms. The lowest BCUT2D eigenvalue weighted by Gasteiger charge is -2.33. The number of carbonyl (C=O) groups is 1. The van der Waals surface area contributed by atoms with Crippen LogP contribution in [0.25, 0.3) is 0 Å². The van der Waals surface area contributed by atoms with Gasteiger partial charge >= 0.3 is 0 Å². The molecule has 1 amide bonds. The molecule has 1 N–H and O–H groups in total. The average molecular weight is 309 g/mol. The summed E-state index contributed by atoms with van der Waals surface area (Å²) < 4.78 is 0. The molecule has 1 atom stereocenters. The normalized spacial score (nSPS) is 16.7. The van der Waals surface area contributed by atoms with E-state index in [4.69, 9.17) is 0 Å². The number of hydrogen-bond acceptors (Lipinski definition) is 3. The van der Waals surface area contributed by atoms with E-state index in [9.17, 15) is 4.79 Å². The van der Waals surface area contributed by atoms with Gasteiger partial charge in [0.25, 0.3) is 5.91 Å². The van der Waals surface area contributed by atoms with Gasteiger partial charge < -0.3 is 15.1 Å². The SMILES string of the molecule is CN(C)c1ccc(C(=O)NC2CCN(C)c3ccccc32)cc1. The van der Waals surface area contributed by atoms with Gasteiger partial charge in [0.1, 0.15) is 0 Å². The number of nitrogens with zero attached hydrogens (tertiary/aromatic N) is 2. The van der Waals surface area contributed by atoms with Gasteiger partial charge in [-0.15, -0.1) is 0 Å². The summed E-state index contributed by atoms with van der Waals surface area (Å²) in [7, 11) is 6.08. The maximum atomic E-state index is 12.5. The van der Waals surface area contributed by atoms with E-state index in [0.717, 1.165) is 18.7 Å². The van der Waals surface area contributed by atoms with Gasteiger partial charge in [0.05, 0.1) is 6.04 Å². The van der Waals surface area contributed by atoms with E-state index in [0.29, 0.717) is 5.56 Å². The molecular weight excluding hydrogens is 286 g/mol. The highest BCUT2D eigenvalue weighted by molar-refractivity contribution is 5.95. The number of fused-ring (bicyclic) bond motifs is 1. The number of carbonyl (C=O) groups excluding carboxylic acids is 1. The van der Waals surface area contributed by atoms with Gasteiger partial charge in [-0.25, -0.2) is 0 Å². The molecular formula is C19H23N3O. The third-order valence-corrected chi connectivity index (χ3v) is 4.43. The molecule has 0 saturated heterocycles. The van der Waals surface area contributed by atoms with Crippen LogP contribution in [-0.4, -0.2) is 33.6 Å². The Morgan fingerprint density at radius 1 is 1.13 bits per heavy atom. The predicted molar refractivity (Wildman–Crippen MR) is 95.3 cm³/mol. The van der Waals surface area contributed by atoms with Crippen molar-refractivity contribution in [3.63, 3.8) is 0 Å². The number of hydrogen-bond donors (Lipinski definition) is 1. The number of amides is 1. The van der Waals surface area contributed by atoms with Crippen LogP contribution in [0.3, 0.4) is 0 Å². The van der Waals surface area contributed by atoms with Gasteiger partial charge in [-0.05, 0) is 42.3 Å². The highest BCUT2D eigenvalue weighted by Crippen LogP contribution is 2.32. The minimum Gasteiger partial charge on any atom is -0.378 e. The summed E-state index contributed by atoms with van der Waals surface area (Å²) in [6.07, 6.45) is 0.926. The van der Waals surface area contributed by atoms with Gasteiger partial charge in [-0.3, -0.25) is 4.79 Å². The Kier molecular flexibility index (Phi) is 4.24. The average Bonchev–Trinajstić information content (AvgIpc) is 2.57. The highest BCUT2D eigenvalue weighted by atomic mass is 16.1. The maximum absolute atomic E-state index is 12.5. The largest absolute Gasteiger partial charge is 0.378 e. The van der Waals surface area contributed by atoms with Crippen molar-refractivity contribution < 1.29 is 4.79 Å². The van der Waals surface area contributed by atoms with E-state index >= 15 is 0 Å². The van der Waals surface area contributed by atoms with Crippen molar-refractivity contribution in [2.75, 3.05) is 37.5 Å². The predicted octanol–water partition coefficient (Wildman–Crippen LogP) is 3.06. The Bertz CT molecular complexity index is 694. The van der Waals surface area contributed by atoms with E-state index in [1.807, 2.05) is 55.4 Å². The molecule has 4 nitrogen and oxygen atoms in total. The van der Waals surface area contributed by atoms with E-state index < -0.39 is 0 Å². The van der Waals surface area contributed by atoms with Crippen LogP contribution in [0.4, 0.5) is 11.4 Å². The second-order valence-corrected chi connectivity index (χ2v) is 6.24. The first kappa shape index (κ1) is 15.4. The summed E-state index contributed by atoms with van der Waals surface area (Å²) >= 11 is 0. The van der Waals surface area contributed by atoms with Gasteiger partial charge in [0.2, 0.25) is 0 Å². The monoisotopic (exact) mass is 309 g/mol. The van der Waals surface area contributed by atoms with Gasteiger partial charge in [0, 0.05) is 44.6 Å². The Balaban J connectivity index is 1.77. The zero-order chi connectivity index (χ0) is 16.4. The zero-order valence-electron chi connectivity index (χ0n) is 13.9. The quantitative estimate of drug-likeness (QED) is 0.946. The first-order valence-electron chi connectivity index (χ1n) is 7.94. The molecule has 23 heavy (non-hydrogen) atoms. The van der Waals surface area contributed by atoms with Crippen molar-refractivity contribution in [1.29, 1.82) is 0 Å². The molecule has 1 heterocycles. The summed E-state index contributed by atoms with van der Waals surface area (Å²) in [5.74, 6) is -0.0142. The summed E-state index contributed by atoms with van der Waals surface area (Å²) in [4.78, 5) is 16.8. The third-order valence-electron chi connectivity index (χ3n) is 4.43. The first-order valence-corrected chi connectivity index (χ1v) is 7.94. The van der Waals surface area contributed by atoms with Crippen molar-refractivity contribution in [2.45, 2.75) is 12.5 Å². The topological polar surface area (TPSA) is 35.6 Å². The number of rotatable bonds is 3. The standard InChI is InChI=1S/C19H23N3O/c1-21(2)15-10-8-14(9-11-15)19(23)20-17-12-13-22(3)18-7-5-4-6-16(17)18/h4-11,17H,12-13H2,1-3H3,(H,20,23). The molecule has 1 aliphatic rings. The second kappa shape index (κ2) is 6.32. The smallest absolute Gasteiger partial charge is 0.251 e.